The number of hydrogen-bond acceptors (Lipinski definition) is 5. The van der Waals surface area contributed by atoms with Crippen molar-refractivity contribution in [2.75, 3.05) is 6.61 Å². The Morgan fingerprint density at radius 2 is 2.29 bits per heavy atom. The maximum atomic E-state index is 12.2. The van der Waals surface area contributed by atoms with Crippen molar-refractivity contribution in [1.82, 2.24) is 0 Å². The van der Waals surface area contributed by atoms with Gasteiger partial charge in [-0.05, 0) is 34.1 Å². The van der Waals surface area contributed by atoms with E-state index in [1.807, 2.05) is 17.5 Å². The number of halogens is 1. The van der Waals surface area contributed by atoms with Crippen molar-refractivity contribution in [1.29, 1.82) is 5.26 Å². The van der Waals surface area contributed by atoms with Gasteiger partial charge in [-0.1, -0.05) is 0 Å². The van der Waals surface area contributed by atoms with Crippen molar-refractivity contribution >= 4 is 39.1 Å². The van der Waals surface area contributed by atoms with E-state index in [9.17, 15) is 4.79 Å². The number of benzene rings is 1. The van der Waals surface area contributed by atoms with Gasteiger partial charge in [0.25, 0.3) is 0 Å². The first-order valence-electron chi connectivity index (χ1n) is 5.99. The lowest BCUT2D eigenvalue weighted by Crippen LogP contribution is -1.97. The molecule has 0 unspecified atom stereocenters. The van der Waals surface area contributed by atoms with Crippen LogP contribution in [0.25, 0.3) is 6.08 Å². The summed E-state index contributed by atoms with van der Waals surface area (Å²) in [5, 5.41) is 10.4. The fourth-order valence-electron chi connectivity index (χ4n) is 1.91. The Morgan fingerprint density at radius 3 is 3.00 bits per heavy atom. The second-order valence-corrected chi connectivity index (χ2v) is 6.07. The van der Waals surface area contributed by atoms with E-state index in [4.69, 9.17) is 14.7 Å². The standard InChI is InChI=1S/C15H8BrNO3S/c16-9-5-11(21-8-9)7-14-15(18)12-2-1-10(19-4-3-17)6-13(12)20-14/h1-2,5-8H,4H2/b14-7-. The first-order valence-corrected chi connectivity index (χ1v) is 7.67. The van der Waals surface area contributed by atoms with Crippen LogP contribution >= 0.6 is 27.3 Å². The number of carbonyl (C=O) groups excluding carboxylic acids is 1. The summed E-state index contributed by atoms with van der Waals surface area (Å²) < 4.78 is 11.8. The molecule has 0 fully saturated rings. The molecule has 21 heavy (non-hydrogen) atoms. The second-order valence-electron chi connectivity index (χ2n) is 4.21. The summed E-state index contributed by atoms with van der Waals surface area (Å²) in [6.45, 7) is -0.0430. The Kier molecular flexibility index (Phi) is 3.78. The fraction of sp³-hybridized carbons (Fsp3) is 0.0667. The van der Waals surface area contributed by atoms with Crippen LogP contribution in [0.2, 0.25) is 0 Å². The summed E-state index contributed by atoms with van der Waals surface area (Å²) in [4.78, 5) is 13.2. The van der Waals surface area contributed by atoms with Gasteiger partial charge in [-0.25, -0.2) is 0 Å². The van der Waals surface area contributed by atoms with Crippen LogP contribution in [-0.4, -0.2) is 12.4 Å². The summed E-state index contributed by atoms with van der Waals surface area (Å²) in [7, 11) is 0. The van der Waals surface area contributed by atoms with Gasteiger partial charge in [0.1, 0.15) is 17.6 Å². The first-order chi connectivity index (χ1) is 10.2. The van der Waals surface area contributed by atoms with Gasteiger partial charge in [-0.15, -0.1) is 11.3 Å². The molecule has 104 valence electrons. The third-order valence-corrected chi connectivity index (χ3v) is 4.45. The molecule has 0 saturated heterocycles. The zero-order valence-electron chi connectivity index (χ0n) is 10.6. The van der Waals surface area contributed by atoms with Gasteiger partial charge < -0.3 is 9.47 Å². The van der Waals surface area contributed by atoms with Crippen LogP contribution in [0, 0.1) is 11.3 Å². The molecule has 1 aromatic carbocycles. The van der Waals surface area contributed by atoms with E-state index >= 15 is 0 Å². The van der Waals surface area contributed by atoms with Crippen LogP contribution in [0.4, 0.5) is 0 Å². The molecule has 1 aliphatic heterocycles. The number of hydrogen-bond donors (Lipinski definition) is 0. The molecule has 0 bridgehead atoms. The van der Waals surface area contributed by atoms with Crippen LogP contribution in [0.3, 0.4) is 0 Å². The number of ether oxygens (including phenoxy) is 2. The van der Waals surface area contributed by atoms with Gasteiger partial charge in [0.15, 0.2) is 12.4 Å². The number of rotatable bonds is 3. The Morgan fingerprint density at radius 1 is 1.43 bits per heavy atom. The van der Waals surface area contributed by atoms with E-state index in [-0.39, 0.29) is 18.1 Å². The van der Waals surface area contributed by atoms with Crippen LogP contribution in [0.5, 0.6) is 11.5 Å². The average Bonchev–Trinajstić information content (AvgIpc) is 3.01. The number of Topliss-reactive ketones (excluding diaryl/α,β-unsaturated/α-hetero) is 1. The molecule has 1 aliphatic rings. The minimum absolute atomic E-state index is 0.0430. The predicted octanol–water partition coefficient (Wildman–Crippen LogP) is 4.03. The number of carbonyl (C=O) groups is 1. The molecule has 0 spiro atoms. The van der Waals surface area contributed by atoms with Crippen LogP contribution < -0.4 is 9.47 Å². The number of ketones is 1. The van der Waals surface area contributed by atoms with Gasteiger partial charge in [-0.3, -0.25) is 4.79 Å². The summed E-state index contributed by atoms with van der Waals surface area (Å²) in [5.74, 6) is 1.10. The SMILES string of the molecule is N#CCOc1ccc2c(c1)O/C(=C\c1cc(Br)cs1)C2=O. The predicted molar refractivity (Wildman–Crippen MR) is 82.5 cm³/mol. The van der Waals surface area contributed by atoms with Crippen molar-refractivity contribution in [3.63, 3.8) is 0 Å². The Bertz CT molecular complexity index is 788. The van der Waals surface area contributed by atoms with Gasteiger partial charge in [0, 0.05) is 26.9 Å². The van der Waals surface area contributed by atoms with Crippen molar-refractivity contribution < 1.29 is 14.3 Å². The summed E-state index contributed by atoms with van der Waals surface area (Å²) in [6, 6.07) is 8.73. The molecule has 2 heterocycles. The molecule has 0 amide bonds. The largest absolute Gasteiger partial charge is 0.479 e. The molecule has 3 rings (SSSR count). The molecule has 0 radical (unpaired) electrons. The molecular formula is C15H8BrNO3S. The lowest BCUT2D eigenvalue weighted by Gasteiger charge is -2.02. The summed E-state index contributed by atoms with van der Waals surface area (Å²) >= 11 is 4.89. The highest BCUT2D eigenvalue weighted by Crippen LogP contribution is 2.35. The number of thiophene rings is 1. The quantitative estimate of drug-likeness (QED) is 0.774. The lowest BCUT2D eigenvalue weighted by atomic mass is 10.1. The van der Waals surface area contributed by atoms with Crippen molar-refractivity contribution in [2.45, 2.75) is 0 Å². The smallest absolute Gasteiger partial charge is 0.232 e. The topological polar surface area (TPSA) is 59.3 Å². The van der Waals surface area contributed by atoms with E-state index in [0.29, 0.717) is 17.1 Å². The molecule has 1 aromatic heterocycles. The molecule has 6 heteroatoms. The van der Waals surface area contributed by atoms with Crippen LogP contribution in [0.1, 0.15) is 15.2 Å². The monoisotopic (exact) mass is 361 g/mol. The number of fused-ring (bicyclic) bond motifs is 1. The average molecular weight is 362 g/mol. The minimum atomic E-state index is -0.152. The third kappa shape index (κ3) is 2.84. The highest BCUT2D eigenvalue weighted by atomic mass is 79.9. The van der Waals surface area contributed by atoms with Crippen molar-refractivity contribution in [2.24, 2.45) is 0 Å². The van der Waals surface area contributed by atoms with Gasteiger partial charge in [0.2, 0.25) is 5.78 Å². The Labute approximate surface area is 133 Å². The highest BCUT2D eigenvalue weighted by molar-refractivity contribution is 9.10. The molecule has 2 aromatic rings. The Hall–Kier alpha value is -2.10. The van der Waals surface area contributed by atoms with Crippen molar-refractivity contribution in [3.8, 4) is 17.6 Å². The maximum Gasteiger partial charge on any atom is 0.232 e. The fourth-order valence-corrected chi connectivity index (χ4v) is 3.27. The summed E-state index contributed by atoms with van der Waals surface area (Å²) in [6.07, 6.45) is 1.72. The molecule has 0 saturated carbocycles. The lowest BCUT2D eigenvalue weighted by molar-refractivity contribution is 0.101. The maximum absolute atomic E-state index is 12.2. The first kappa shape index (κ1) is 13.9. The van der Waals surface area contributed by atoms with E-state index in [2.05, 4.69) is 15.9 Å². The zero-order chi connectivity index (χ0) is 14.8. The third-order valence-electron chi connectivity index (χ3n) is 2.81. The van der Waals surface area contributed by atoms with Crippen LogP contribution in [-0.2, 0) is 0 Å². The number of nitrogens with zero attached hydrogens (tertiary/aromatic N) is 1. The molecule has 0 N–H and O–H groups in total. The van der Waals surface area contributed by atoms with Gasteiger partial charge >= 0.3 is 0 Å². The van der Waals surface area contributed by atoms with Gasteiger partial charge in [-0.2, -0.15) is 5.26 Å². The van der Waals surface area contributed by atoms with Crippen molar-refractivity contribution in [3.05, 3.63) is 50.3 Å². The van der Waals surface area contributed by atoms with E-state index < -0.39 is 0 Å². The molecule has 0 atom stereocenters. The number of nitriles is 1. The summed E-state index contributed by atoms with van der Waals surface area (Å²) in [5.41, 5.74) is 0.501. The Balaban J connectivity index is 1.88. The molecular weight excluding hydrogens is 354 g/mol. The van der Waals surface area contributed by atoms with E-state index in [1.54, 1.807) is 24.3 Å². The van der Waals surface area contributed by atoms with Gasteiger partial charge in [0.05, 0.1) is 5.56 Å². The molecule has 0 aliphatic carbocycles. The second kappa shape index (κ2) is 5.72. The van der Waals surface area contributed by atoms with E-state index in [1.165, 1.54) is 11.3 Å². The molecule has 4 nitrogen and oxygen atoms in total. The minimum Gasteiger partial charge on any atom is -0.479 e. The zero-order valence-corrected chi connectivity index (χ0v) is 13.0. The highest BCUT2D eigenvalue weighted by Gasteiger charge is 2.27. The van der Waals surface area contributed by atoms with E-state index in [0.717, 1.165) is 9.35 Å². The van der Waals surface area contributed by atoms with Crippen LogP contribution in [0.15, 0.2) is 39.9 Å². The number of allylic oxidation sites excluding steroid dienone is 1. The normalized spacial score (nSPS) is 14.7.